The highest BCUT2D eigenvalue weighted by Crippen LogP contribution is 2.18. The average Bonchev–Trinajstić information content (AvgIpc) is 3.16. The Kier molecular flexibility index (Phi) is 7.92. The summed E-state index contributed by atoms with van der Waals surface area (Å²) in [5.74, 6) is 0.876. The van der Waals surface area contributed by atoms with Gasteiger partial charge in [0.15, 0.2) is 5.96 Å². The molecule has 3 rings (SSSR count). The number of aromatic nitrogens is 2. The van der Waals surface area contributed by atoms with Crippen LogP contribution >= 0.6 is 11.6 Å². The molecule has 31 heavy (non-hydrogen) atoms. The lowest BCUT2D eigenvalue weighted by Crippen LogP contribution is -2.55. The number of rotatable bonds is 7. The summed E-state index contributed by atoms with van der Waals surface area (Å²) in [7, 11) is 6.00. The number of likely N-dealkylation sites (N-methyl/N-ethyl adjacent to an activating group) is 1. The molecule has 1 aromatic carbocycles. The van der Waals surface area contributed by atoms with Crippen molar-refractivity contribution >= 4 is 23.5 Å². The van der Waals surface area contributed by atoms with Crippen LogP contribution in [0.4, 0.5) is 0 Å². The monoisotopic (exact) mass is 445 g/mol. The predicted octanol–water partition coefficient (Wildman–Crippen LogP) is 1.99. The maximum atomic E-state index is 12.8. The molecule has 168 valence electrons. The summed E-state index contributed by atoms with van der Waals surface area (Å²) in [6.07, 6.45) is 3.90. The van der Waals surface area contributed by atoms with Crippen molar-refractivity contribution < 1.29 is 4.79 Å². The van der Waals surface area contributed by atoms with Crippen LogP contribution in [0.3, 0.4) is 0 Å². The summed E-state index contributed by atoms with van der Waals surface area (Å²) in [6, 6.07) is 7.76. The normalized spacial score (nSPS) is 16.2. The van der Waals surface area contributed by atoms with E-state index in [1.807, 2.05) is 74.5 Å². The van der Waals surface area contributed by atoms with E-state index in [0.29, 0.717) is 31.2 Å². The summed E-state index contributed by atoms with van der Waals surface area (Å²) >= 11 is 5.96. The number of benzene rings is 1. The Morgan fingerprint density at radius 1 is 1.29 bits per heavy atom. The topological polar surface area (TPSA) is 69.0 Å². The molecule has 1 aromatic heterocycles. The Morgan fingerprint density at radius 3 is 2.61 bits per heavy atom. The molecule has 1 amide bonds. The predicted molar refractivity (Wildman–Crippen MR) is 124 cm³/mol. The average molecular weight is 446 g/mol. The molecule has 2 aromatic rings. The van der Waals surface area contributed by atoms with E-state index in [2.05, 4.69) is 15.3 Å². The summed E-state index contributed by atoms with van der Waals surface area (Å²) in [4.78, 5) is 23.7. The first-order valence-corrected chi connectivity index (χ1v) is 11.0. The number of nitrogens with one attached hydrogen (secondary N) is 1. The lowest BCUT2D eigenvalue weighted by Gasteiger charge is -2.36. The van der Waals surface area contributed by atoms with Crippen molar-refractivity contribution in [3.05, 3.63) is 52.8 Å². The summed E-state index contributed by atoms with van der Waals surface area (Å²) < 4.78 is 1.80. The highest BCUT2D eigenvalue weighted by Gasteiger charge is 2.26. The van der Waals surface area contributed by atoms with Gasteiger partial charge in [0.1, 0.15) is 0 Å². The molecule has 1 aliphatic heterocycles. The quantitative estimate of drug-likeness (QED) is 0.521. The minimum absolute atomic E-state index is 0.100. The Bertz CT molecular complexity index is 894. The SMILES string of the molecule is CCNC(=NCC(c1cnn(C)c1)N(C)C)N1CCN(Cc2ccc(Cl)cc2)C(=O)C1. The third-order valence-electron chi connectivity index (χ3n) is 5.39. The number of guanidine groups is 1. The van der Waals surface area contributed by atoms with Crippen LogP contribution in [0.5, 0.6) is 0 Å². The fourth-order valence-corrected chi connectivity index (χ4v) is 3.77. The van der Waals surface area contributed by atoms with Gasteiger partial charge in [0.05, 0.1) is 25.3 Å². The smallest absolute Gasteiger partial charge is 0.242 e. The number of carbonyl (C=O) groups excluding carboxylic acids is 1. The molecule has 1 atom stereocenters. The number of piperazine rings is 1. The van der Waals surface area contributed by atoms with Crippen LogP contribution in [0.1, 0.15) is 24.1 Å². The molecule has 1 saturated heterocycles. The third kappa shape index (κ3) is 6.21. The van der Waals surface area contributed by atoms with Crippen molar-refractivity contribution in [1.29, 1.82) is 0 Å². The van der Waals surface area contributed by atoms with Crippen LogP contribution < -0.4 is 5.32 Å². The van der Waals surface area contributed by atoms with E-state index in [4.69, 9.17) is 16.6 Å². The number of halogens is 1. The Labute approximate surface area is 189 Å². The molecule has 0 bridgehead atoms. The van der Waals surface area contributed by atoms with Crippen LogP contribution in [0.15, 0.2) is 41.7 Å². The number of carbonyl (C=O) groups is 1. The lowest BCUT2D eigenvalue weighted by molar-refractivity contribution is -0.135. The van der Waals surface area contributed by atoms with Gasteiger partial charge in [-0.3, -0.25) is 14.5 Å². The van der Waals surface area contributed by atoms with Gasteiger partial charge in [0.2, 0.25) is 5.91 Å². The van der Waals surface area contributed by atoms with E-state index >= 15 is 0 Å². The number of hydrogen-bond donors (Lipinski definition) is 1. The molecule has 1 N–H and O–H groups in total. The molecule has 0 radical (unpaired) electrons. The molecule has 1 aliphatic rings. The zero-order valence-corrected chi connectivity index (χ0v) is 19.5. The number of amides is 1. The lowest BCUT2D eigenvalue weighted by atomic mass is 10.1. The van der Waals surface area contributed by atoms with Crippen LogP contribution in [-0.4, -0.2) is 83.2 Å². The van der Waals surface area contributed by atoms with Crippen molar-refractivity contribution in [1.82, 2.24) is 29.8 Å². The van der Waals surface area contributed by atoms with E-state index < -0.39 is 0 Å². The summed E-state index contributed by atoms with van der Waals surface area (Å²) in [5, 5.41) is 8.34. The zero-order chi connectivity index (χ0) is 22.4. The Morgan fingerprint density at radius 2 is 2.03 bits per heavy atom. The second-order valence-electron chi connectivity index (χ2n) is 7.98. The maximum absolute atomic E-state index is 12.8. The number of aryl methyl sites for hydroxylation is 1. The molecular formula is C22H32ClN7O. The van der Waals surface area contributed by atoms with Gasteiger partial charge in [-0.25, -0.2) is 0 Å². The second kappa shape index (κ2) is 10.6. The minimum Gasteiger partial charge on any atom is -0.357 e. The van der Waals surface area contributed by atoms with Gasteiger partial charge in [-0.15, -0.1) is 0 Å². The van der Waals surface area contributed by atoms with Crippen molar-refractivity contribution in [2.45, 2.75) is 19.5 Å². The number of nitrogens with zero attached hydrogens (tertiary/aromatic N) is 6. The first-order valence-electron chi connectivity index (χ1n) is 10.6. The standard InChI is InChI=1S/C22H32ClN7O/c1-5-24-22(25-13-20(27(2)3)18-12-26-28(4)15-18)30-11-10-29(21(31)16-30)14-17-6-8-19(23)9-7-17/h6-9,12,15,20H,5,10-11,13-14,16H2,1-4H3,(H,24,25). The fourth-order valence-electron chi connectivity index (χ4n) is 3.64. The van der Waals surface area contributed by atoms with E-state index in [9.17, 15) is 4.79 Å². The first kappa shape index (κ1) is 23.1. The molecule has 1 unspecified atom stereocenters. The van der Waals surface area contributed by atoms with Crippen molar-refractivity contribution in [3.63, 3.8) is 0 Å². The summed E-state index contributed by atoms with van der Waals surface area (Å²) in [6.45, 7) is 5.69. The van der Waals surface area contributed by atoms with E-state index in [0.717, 1.165) is 30.2 Å². The Balaban J connectivity index is 1.65. The number of aliphatic imine (C=N–C) groups is 1. The van der Waals surface area contributed by atoms with Crippen LogP contribution in [0.25, 0.3) is 0 Å². The maximum Gasteiger partial charge on any atom is 0.242 e. The second-order valence-corrected chi connectivity index (χ2v) is 8.42. The van der Waals surface area contributed by atoms with E-state index in [1.165, 1.54) is 0 Å². The van der Waals surface area contributed by atoms with Crippen LogP contribution in [0, 0.1) is 0 Å². The van der Waals surface area contributed by atoms with E-state index in [1.54, 1.807) is 4.68 Å². The fraction of sp³-hybridized carbons (Fsp3) is 0.500. The van der Waals surface area contributed by atoms with Gasteiger partial charge in [0.25, 0.3) is 0 Å². The minimum atomic E-state index is 0.100. The molecule has 1 fully saturated rings. The van der Waals surface area contributed by atoms with Gasteiger partial charge in [-0.05, 0) is 38.7 Å². The van der Waals surface area contributed by atoms with Gasteiger partial charge >= 0.3 is 0 Å². The molecule has 2 heterocycles. The van der Waals surface area contributed by atoms with E-state index in [-0.39, 0.29) is 11.9 Å². The van der Waals surface area contributed by atoms with Crippen molar-refractivity contribution in [2.75, 3.05) is 46.8 Å². The Hall–Kier alpha value is -2.58. The van der Waals surface area contributed by atoms with Gasteiger partial charge < -0.3 is 20.0 Å². The third-order valence-corrected chi connectivity index (χ3v) is 5.64. The first-order chi connectivity index (χ1) is 14.9. The summed E-state index contributed by atoms with van der Waals surface area (Å²) in [5.41, 5.74) is 2.20. The molecule has 9 heteroatoms. The highest BCUT2D eigenvalue weighted by molar-refractivity contribution is 6.30. The van der Waals surface area contributed by atoms with Crippen molar-refractivity contribution in [3.8, 4) is 0 Å². The van der Waals surface area contributed by atoms with Crippen molar-refractivity contribution in [2.24, 2.45) is 12.0 Å². The molecule has 8 nitrogen and oxygen atoms in total. The van der Waals surface area contributed by atoms with Crippen LogP contribution in [0.2, 0.25) is 5.02 Å². The number of hydrogen-bond acceptors (Lipinski definition) is 4. The van der Waals surface area contributed by atoms with Gasteiger partial charge in [-0.1, -0.05) is 23.7 Å². The largest absolute Gasteiger partial charge is 0.357 e. The molecule has 0 spiro atoms. The van der Waals surface area contributed by atoms with Crippen LogP contribution in [-0.2, 0) is 18.4 Å². The molecular weight excluding hydrogens is 414 g/mol. The van der Waals surface area contributed by atoms with Gasteiger partial charge in [-0.2, -0.15) is 5.10 Å². The molecule has 0 saturated carbocycles. The molecule has 0 aliphatic carbocycles. The zero-order valence-electron chi connectivity index (χ0n) is 18.8. The van der Waals surface area contributed by atoms with Gasteiger partial charge in [0, 0.05) is 50.0 Å². The highest BCUT2D eigenvalue weighted by atomic mass is 35.5.